The highest BCUT2D eigenvalue weighted by Gasteiger charge is 2.23. The lowest BCUT2D eigenvalue weighted by Gasteiger charge is -2.23. The number of aliphatic hydroxyl groups excluding tert-OH is 2. The van der Waals surface area contributed by atoms with Gasteiger partial charge in [0.1, 0.15) is 11.5 Å². The lowest BCUT2D eigenvalue weighted by molar-refractivity contribution is 0.0764. The summed E-state index contributed by atoms with van der Waals surface area (Å²) in [5, 5.41) is 18.8. The maximum atomic E-state index is 12.7. The van der Waals surface area contributed by atoms with E-state index in [1.807, 2.05) is 13.8 Å². The molecule has 6 nitrogen and oxygen atoms in total. The normalized spacial score (nSPS) is 11.9. The standard InChI is InChI=1S/C16H25NO5/c1-5-17(6-2)16(20)14-8-12(21-3)9-15(22-4)13(14)7-11(19)10-18/h8-9,11,18-19H,5-7,10H2,1-4H3/t11-/m1/s1. The van der Waals surface area contributed by atoms with Crippen LogP contribution in [0.2, 0.25) is 0 Å². The number of nitrogens with zero attached hydrogens (tertiary/aromatic N) is 1. The maximum Gasteiger partial charge on any atom is 0.254 e. The molecule has 22 heavy (non-hydrogen) atoms. The van der Waals surface area contributed by atoms with E-state index in [1.165, 1.54) is 14.2 Å². The van der Waals surface area contributed by atoms with E-state index in [-0.39, 0.29) is 18.9 Å². The molecule has 0 spiro atoms. The molecule has 0 aliphatic carbocycles. The maximum absolute atomic E-state index is 12.7. The summed E-state index contributed by atoms with van der Waals surface area (Å²) in [6.45, 7) is 4.59. The van der Waals surface area contributed by atoms with Crippen molar-refractivity contribution in [3.63, 3.8) is 0 Å². The molecule has 0 aliphatic heterocycles. The molecule has 0 saturated heterocycles. The highest BCUT2D eigenvalue weighted by Crippen LogP contribution is 2.31. The van der Waals surface area contributed by atoms with Crippen molar-refractivity contribution >= 4 is 5.91 Å². The molecule has 0 radical (unpaired) electrons. The van der Waals surface area contributed by atoms with E-state index < -0.39 is 6.10 Å². The number of aliphatic hydroxyl groups is 2. The zero-order valence-corrected chi connectivity index (χ0v) is 13.6. The fourth-order valence-corrected chi connectivity index (χ4v) is 2.30. The summed E-state index contributed by atoms with van der Waals surface area (Å²) in [6.07, 6.45) is -0.822. The lowest BCUT2D eigenvalue weighted by atomic mass is 9.98. The van der Waals surface area contributed by atoms with Gasteiger partial charge in [0.2, 0.25) is 0 Å². The van der Waals surface area contributed by atoms with Crippen LogP contribution >= 0.6 is 0 Å². The summed E-state index contributed by atoms with van der Waals surface area (Å²) in [6, 6.07) is 3.31. The van der Waals surface area contributed by atoms with Crippen molar-refractivity contribution in [2.45, 2.75) is 26.4 Å². The van der Waals surface area contributed by atoms with E-state index in [0.29, 0.717) is 35.7 Å². The Morgan fingerprint density at radius 2 is 1.86 bits per heavy atom. The number of hydrogen-bond donors (Lipinski definition) is 2. The Hall–Kier alpha value is -1.79. The number of carbonyl (C=O) groups excluding carboxylic acids is 1. The van der Waals surface area contributed by atoms with Gasteiger partial charge in [-0.2, -0.15) is 0 Å². The van der Waals surface area contributed by atoms with Crippen molar-refractivity contribution in [2.24, 2.45) is 0 Å². The van der Waals surface area contributed by atoms with Gasteiger partial charge in [0.05, 0.1) is 32.5 Å². The third-order valence-electron chi connectivity index (χ3n) is 3.57. The number of methoxy groups -OCH3 is 2. The minimum atomic E-state index is -0.953. The largest absolute Gasteiger partial charge is 0.497 e. The van der Waals surface area contributed by atoms with Gasteiger partial charge in [-0.05, 0) is 19.9 Å². The van der Waals surface area contributed by atoms with Gasteiger partial charge in [-0.1, -0.05) is 0 Å². The summed E-state index contributed by atoms with van der Waals surface area (Å²) < 4.78 is 10.5. The first kappa shape index (κ1) is 18.3. The molecule has 0 heterocycles. The van der Waals surface area contributed by atoms with Crippen molar-refractivity contribution in [3.8, 4) is 11.5 Å². The first-order chi connectivity index (χ1) is 10.5. The average Bonchev–Trinajstić information content (AvgIpc) is 2.55. The molecular weight excluding hydrogens is 286 g/mol. The van der Waals surface area contributed by atoms with Gasteiger partial charge in [0.15, 0.2) is 0 Å². The first-order valence-corrected chi connectivity index (χ1v) is 7.35. The van der Waals surface area contributed by atoms with Crippen LogP contribution in [0.1, 0.15) is 29.8 Å². The van der Waals surface area contributed by atoms with Crippen LogP contribution in [0.4, 0.5) is 0 Å². The fourth-order valence-electron chi connectivity index (χ4n) is 2.30. The van der Waals surface area contributed by atoms with Crippen LogP contribution in [-0.2, 0) is 6.42 Å². The van der Waals surface area contributed by atoms with Crippen molar-refractivity contribution in [1.29, 1.82) is 0 Å². The number of amides is 1. The topological polar surface area (TPSA) is 79.2 Å². The summed E-state index contributed by atoms with van der Waals surface area (Å²) in [5.74, 6) is 0.819. The summed E-state index contributed by atoms with van der Waals surface area (Å²) in [5.41, 5.74) is 0.995. The number of carbonyl (C=O) groups is 1. The van der Waals surface area contributed by atoms with Crippen molar-refractivity contribution in [3.05, 3.63) is 23.3 Å². The number of ether oxygens (including phenoxy) is 2. The molecule has 0 aromatic heterocycles. The van der Waals surface area contributed by atoms with Crippen LogP contribution in [0.5, 0.6) is 11.5 Å². The molecule has 1 rings (SSSR count). The van der Waals surface area contributed by atoms with Gasteiger partial charge < -0.3 is 24.6 Å². The SMILES string of the molecule is CCN(CC)C(=O)c1cc(OC)cc(OC)c1C[C@@H](O)CO. The molecule has 124 valence electrons. The quantitative estimate of drug-likeness (QED) is 0.751. The molecule has 1 atom stereocenters. The Kier molecular flexibility index (Phi) is 7.14. The zero-order chi connectivity index (χ0) is 16.7. The van der Waals surface area contributed by atoms with Crippen molar-refractivity contribution in [2.75, 3.05) is 33.9 Å². The van der Waals surface area contributed by atoms with E-state index in [9.17, 15) is 9.90 Å². The van der Waals surface area contributed by atoms with E-state index in [2.05, 4.69) is 0 Å². The van der Waals surface area contributed by atoms with Gasteiger partial charge in [-0.15, -0.1) is 0 Å². The molecule has 0 unspecified atom stereocenters. The van der Waals surface area contributed by atoms with Crippen LogP contribution in [0.15, 0.2) is 12.1 Å². The Bertz CT molecular complexity index is 500. The minimum absolute atomic E-state index is 0.131. The summed E-state index contributed by atoms with van der Waals surface area (Å²) in [4.78, 5) is 14.4. The molecule has 1 aromatic carbocycles. The second-order valence-corrected chi connectivity index (χ2v) is 4.87. The molecule has 2 N–H and O–H groups in total. The molecule has 6 heteroatoms. The zero-order valence-electron chi connectivity index (χ0n) is 13.6. The minimum Gasteiger partial charge on any atom is -0.497 e. The van der Waals surface area contributed by atoms with Crippen LogP contribution in [0.3, 0.4) is 0 Å². The van der Waals surface area contributed by atoms with E-state index in [1.54, 1.807) is 17.0 Å². The van der Waals surface area contributed by atoms with Crippen LogP contribution < -0.4 is 9.47 Å². The van der Waals surface area contributed by atoms with E-state index in [4.69, 9.17) is 14.6 Å². The summed E-state index contributed by atoms with van der Waals surface area (Å²) in [7, 11) is 3.01. The Morgan fingerprint density at radius 3 is 2.32 bits per heavy atom. The third kappa shape index (κ3) is 4.11. The highest BCUT2D eigenvalue weighted by molar-refractivity contribution is 5.97. The molecule has 0 aliphatic rings. The predicted octanol–water partition coefficient (Wildman–Crippen LogP) is 1.08. The van der Waals surface area contributed by atoms with E-state index >= 15 is 0 Å². The van der Waals surface area contributed by atoms with Crippen LogP contribution in [-0.4, -0.2) is 61.0 Å². The van der Waals surface area contributed by atoms with Crippen LogP contribution in [0, 0.1) is 0 Å². The van der Waals surface area contributed by atoms with Gasteiger partial charge in [0.25, 0.3) is 5.91 Å². The second kappa shape index (κ2) is 8.60. The number of benzene rings is 1. The smallest absolute Gasteiger partial charge is 0.254 e. The fraction of sp³-hybridized carbons (Fsp3) is 0.562. The third-order valence-corrected chi connectivity index (χ3v) is 3.57. The molecule has 0 bridgehead atoms. The second-order valence-electron chi connectivity index (χ2n) is 4.87. The highest BCUT2D eigenvalue weighted by atomic mass is 16.5. The van der Waals surface area contributed by atoms with Crippen molar-refractivity contribution in [1.82, 2.24) is 4.90 Å². The molecule has 0 saturated carbocycles. The molecule has 0 fully saturated rings. The first-order valence-electron chi connectivity index (χ1n) is 7.35. The number of hydrogen-bond acceptors (Lipinski definition) is 5. The number of rotatable bonds is 8. The van der Waals surface area contributed by atoms with Gasteiger partial charge in [-0.25, -0.2) is 0 Å². The predicted molar refractivity (Wildman–Crippen MR) is 83.6 cm³/mol. The Morgan fingerprint density at radius 1 is 1.23 bits per heavy atom. The van der Waals surface area contributed by atoms with Crippen molar-refractivity contribution < 1.29 is 24.5 Å². The molecule has 1 aromatic rings. The van der Waals surface area contributed by atoms with Gasteiger partial charge in [0, 0.05) is 31.1 Å². The Labute approximate surface area is 131 Å². The lowest BCUT2D eigenvalue weighted by Crippen LogP contribution is -2.32. The molecular formula is C16H25NO5. The van der Waals surface area contributed by atoms with E-state index in [0.717, 1.165) is 0 Å². The molecule has 1 amide bonds. The monoisotopic (exact) mass is 311 g/mol. The summed E-state index contributed by atoms with van der Waals surface area (Å²) >= 11 is 0. The Balaban J connectivity index is 3.39. The van der Waals surface area contributed by atoms with Gasteiger partial charge >= 0.3 is 0 Å². The average molecular weight is 311 g/mol. The van der Waals surface area contributed by atoms with Gasteiger partial charge in [-0.3, -0.25) is 4.79 Å². The van der Waals surface area contributed by atoms with Crippen LogP contribution in [0.25, 0.3) is 0 Å².